The van der Waals surface area contributed by atoms with Crippen molar-refractivity contribution in [2.45, 2.75) is 32.2 Å². The van der Waals surface area contributed by atoms with Gasteiger partial charge in [0.05, 0.1) is 0 Å². The molecule has 5 aromatic rings. The molecule has 0 aliphatic carbocycles. The molecule has 48 heavy (non-hydrogen) atoms. The lowest BCUT2D eigenvalue weighted by molar-refractivity contribution is -0.135. The van der Waals surface area contributed by atoms with Gasteiger partial charge in [-0.2, -0.15) is 0 Å². The molecule has 0 bridgehead atoms. The molecule has 0 radical (unpaired) electrons. The summed E-state index contributed by atoms with van der Waals surface area (Å²) in [6, 6.07) is 24.4. The Morgan fingerprint density at radius 3 is 2.31 bits per heavy atom. The smallest absolute Gasteiger partial charge is 0.347 e. The molecular formula is C38H36N2O7S. The van der Waals surface area contributed by atoms with Crippen molar-refractivity contribution in [1.29, 1.82) is 0 Å². The van der Waals surface area contributed by atoms with Crippen LogP contribution >= 0.6 is 11.3 Å². The summed E-state index contributed by atoms with van der Waals surface area (Å²) in [5.74, 6) is -0.403. The van der Waals surface area contributed by atoms with E-state index in [1.165, 1.54) is 49.7 Å². The first-order chi connectivity index (χ1) is 23.3. The maximum atomic E-state index is 14.0. The van der Waals surface area contributed by atoms with Crippen molar-refractivity contribution < 1.29 is 33.7 Å². The van der Waals surface area contributed by atoms with Crippen LogP contribution in [-0.2, 0) is 4.79 Å². The molecule has 9 nitrogen and oxygen atoms in total. The van der Waals surface area contributed by atoms with E-state index in [0.29, 0.717) is 28.4 Å². The van der Waals surface area contributed by atoms with Crippen LogP contribution in [0.25, 0.3) is 20.5 Å². The normalized spacial score (nSPS) is 14.0. The van der Waals surface area contributed by atoms with Crippen LogP contribution in [0.5, 0.6) is 23.0 Å². The van der Waals surface area contributed by atoms with Crippen LogP contribution in [0.1, 0.15) is 52.5 Å². The van der Waals surface area contributed by atoms with Crippen molar-refractivity contribution in [3.8, 4) is 33.4 Å². The van der Waals surface area contributed by atoms with Crippen LogP contribution in [-0.4, -0.2) is 60.0 Å². The number of carbonyl (C=O) groups excluding carboxylic acids is 3. The second kappa shape index (κ2) is 14.8. The number of fused-ring (bicyclic) bond motifs is 1. The molecular weight excluding hydrogens is 628 g/mol. The number of esters is 2. The van der Waals surface area contributed by atoms with E-state index in [-0.39, 0.29) is 28.6 Å². The SMILES string of the molecule is CC(N)C(=O)Oc1ccccc1C(=O)Oc1ccc(-c2sc3cc(O)ccc3c2C(=O)c2ccc(OCCN3CCCCC3)cc2)cc1. The summed E-state index contributed by atoms with van der Waals surface area (Å²) in [5.41, 5.74) is 7.45. The third-order valence-electron chi connectivity index (χ3n) is 8.16. The Morgan fingerprint density at radius 2 is 1.58 bits per heavy atom. The minimum absolute atomic E-state index is 0.0511. The summed E-state index contributed by atoms with van der Waals surface area (Å²) in [4.78, 5) is 42.2. The van der Waals surface area contributed by atoms with E-state index in [0.717, 1.165) is 35.3 Å². The molecule has 2 heterocycles. The number of thiophene rings is 1. The van der Waals surface area contributed by atoms with E-state index in [1.54, 1.807) is 66.7 Å². The highest BCUT2D eigenvalue weighted by Gasteiger charge is 2.23. The summed E-state index contributed by atoms with van der Waals surface area (Å²) in [6.07, 6.45) is 3.76. The summed E-state index contributed by atoms with van der Waals surface area (Å²) < 4.78 is 17.6. The number of rotatable bonds is 11. The van der Waals surface area contributed by atoms with Crippen LogP contribution in [0.4, 0.5) is 0 Å². The largest absolute Gasteiger partial charge is 0.508 e. The van der Waals surface area contributed by atoms with E-state index in [9.17, 15) is 19.5 Å². The molecule has 10 heteroatoms. The number of carbonyl (C=O) groups is 3. The van der Waals surface area contributed by atoms with Crippen molar-refractivity contribution in [1.82, 2.24) is 4.90 Å². The monoisotopic (exact) mass is 664 g/mol. The van der Waals surface area contributed by atoms with Gasteiger partial charge in [-0.05, 0) is 117 Å². The highest BCUT2D eigenvalue weighted by Crippen LogP contribution is 2.41. The van der Waals surface area contributed by atoms with Crippen molar-refractivity contribution in [3.63, 3.8) is 0 Å². The molecule has 3 N–H and O–H groups in total. The zero-order chi connectivity index (χ0) is 33.6. The predicted octanol–water partition coefficient (Wildman–Crippen LogP) is 6.84. The summed E-state index contributed by atoms with van der Waals surface area (Å²) >= 11 is 1.39. The minimum Gasteiger partial charge on any atom is -0.508 e. The number of benzene rings is 4. The van der Waals surface area contributed by atoms with Gasteiger partial charge in [-0.1, -0.05) is 18.6 Å². The molecule has 6 rings (SSSR count). The number of aromatic hydroxyl groups is 1. The number of phenols is 1. The van der Waals surface area contributed by atoms with Crippen molar-refractivity contribution in [2.75, 3.05) is 26.2 Å². The van der Waals surface area contributed by atoms with Crippen LogP contribution < -0.4 is 19.9 Å². The molecule has 4 aromatic carbocycles. The van der Waals surface area contributed by atoms with Gasteiger partial charge in [-0.25, -0.2) is 9.59 Å². The van der Waals surface area contributed by atoms with Crippen LogP contribution in [0.3, 0.4) is 0 Å². The van der Waals surface area contributed by atoms with E-state index in [1.807, 2.05) is 12.1 Å². The average molecular weight is 665 g/mol. The Bertz CT molecular complexity index is 1930. The third-order valence-corrected chi connectivity index (χ3v) is 9.36. The number of para-hydroxylation sites is 1. The number of nitrogens with zero attached hydrogens (tertiary/aromatic N) is 1. The zero-order valence-electron chi connectivity index (χ0n) is 26.5. The fraction of sp³-hybridized carbons (Fsp3) is 0.237. The Hall–Kier alpha value is -5.03. The van der Waals surface area contributed by atoms with E-state index >= 15 is 0 Å². The highest BCUT2D eigenvalue weighted by atomic mass is 32.1. The van der Waals surface area contributed by atoms with E-state index in [4.69, 9.17) is 19.9 Å². The van der Waals surface area contributed by atoms with Gasteiger partial charge in [0.2, 0.25) is 0 Å². The number of piperidine rings is 1. The van der Waals surface area contributed by atoms with E-state index < -0.39 is 18.0 Å². The predicted molar refractivity (Wildman–Crippen MR) is 185 cm³/mol. The number of phenolic OH excluding ortho intramolecular Hbond substituents is 1. The highest BCUT2D eigenvalue weighted by molar-refractivity contribution is 7.22. The molecule has 1 atom stereocenters. The lowest BCUT2D eigenvalue weighted by atomic mass is 9.97. The number of hydrogen-bond acceptors (Lipinski definition) is 10. The zero-order valence-corrected chi connectivity index (χ0v) is 27.3. The Morgan fingerprint density at radius 1 is 0.875 bits per heavy atom. The maximum Gasteiger partial charge on any atom is 0.347 e. The number of likely N-dealkylation sites (tertiary alicyclic amines) is 1. The van der Waals surface area contributed by atoms with Gasteiger partial charge < -0.3 is 25.1 Å². The minimum atomic E-state index is -0.858. The molecule has 1 aliphatic rings. The van der Waals surface area contributed by atoms with Gasteiger partial charge >= 0.3 is 11.9 Å². The van der Waals surface area contributed by atoms with Crippen LogP contribution in [0, 0.1) is 0 Å². The molecule has 1 aliphatic heterocycles. The van der Waals surface area contributed by atoms with Crippen molar-refractivity contribution >= 4 is 39.1 Å². The fourth-order valence-electron chi connectivity index (χ4n) is 5.60. The lowest BCUT2D eigenvalue weighted by Gasteiger charge is -2.26. The topological polar surface area (TPSA) is 128 Å². The first-order valence-electron chi connectivity index (χ1n) is 15.9. The molecule has 1 saturated heterocycles. The van der Waals surface area contributed by atoms with Crippen molar-refractivity contribution in [2.24, 2.45) is 5.73 Å². The number of ketones is 1. The Labute approximate surface area is 282 Å². The maximum absolute atomic E-state index is 14.0. The quantitative estimate of drug-likeness (QED) is 0.0886. The van der Waals surface area contributed by atoms with Gasteiger partial charge in [0, 0.05) is 32.6 Å². The first-order valence-corrected chi connectivity index (χ1v) is 16.7. The number of ether oxygens (including phenoxy) is 3. The molecule has 246 valence electrons. The van der Waals surface area contributed by atoms with Gasteiger partial charge in [0.25, 0.3) is 0 Å². The molecule has 1 unspecified atom stereocenters. The second-order valence-electron chi connectivity index (χ2n) is 11.7. The standard InChI is InChI=1S/C38H36N2O7S/c1-24(39)37(43)47-32-8-4-3-7-30(32)38(44)46-29-16-11-26(12-17-29)36-34(31-18-13-27(41)23-33(31)48-36)35(42)25-9-14-28(15-10-25)45-22-21-40-19-5-2-6-20-40/h3-4,7-18,23-24,41H,2,5-6,19-22,39H2,1H3. The van der Waals surface area contributed by atoms with Gasteiger partial charge in [-0.15, -0.1) is 11.3 Å². The summed E-state index contributed by atoms with van der Waals surface area (Å²) in [7, 11) is 0. The van der Waals surface area contributed by atoms with E-state index in [2.05, 4.69) is 4.90 Å². The number of hydrogen-bond donors (Lipinski definition) is 2. The summed E-state index contributed by atoms with van der Waals surface area (Å²) in [6.45, 7) is 5.19. The molecule has 1 aromatic heterocycles. The van der Waals surface area contributed by atoms with Crippen LogP contribution in [0.15, 0.2) is 91.0 Å². The average Bonchev–Trinajstić information content (AvgIpc) is 3.47. The number of nitrogens with two attached hydrogens (primary N) is 1. The van der Waals surface area contributed by atoms with Crippen LogP contribution in [0.2, 0.25) is 0 Å². The van der Waals surface area contributed by atoms with Gasteiger partial charge in [0.15, 0.2) is 5.78 Å². The van der Waals surface area contributed by atoms with Gasteiger partial charge in [-0.3, -0.25) is 9.69 Å². The van der Waals surface area contributed by atoms with Crippen molar-refractivity contribution in [3.05, 3.63) is 108 Å². The molecule has 1 fully saturated rings. The molecule has 0 amide bonds. The molecule has 0 spiro atoms. The van der Waals surface area contributed by atoms with Gasteiger partial charge in [0.1, 0.15) is 41.2 Å². The Balaban J connectivity index is 1.21. The third kappa shape index (κ3) is 7.57. The molecule has 0 saturated carbocycles. The first kappa shape index (κ1) is 32.9. The second-order valence-corrected chi connectivity index (χ2v) is 12.8. The lowest BCUT2D eigenvalue weighted by Crippen LogP contribution is -2.33. The fourth-order valence-corrected chi connectivity index (χ4v) is 6.84. The summed E-state index contributed by atoms with van der Waals surface area (Å²) in [5, 5.41) is 10.9. The Kier molecular flexibility index (Phi) is 10.1.